The molecule has 0 spiro atoms. The Hall–Kier alpha value is -1.63. The van der Waals surface area contributed by atoms with Gasteiger partial charge in [-0.15, -0.1) is 0 Å². The molecule has 4 N–H and O–H groups in total. The number of carbonyl (C=O) groups is 3. The molecule has 0 saturated carbocycles. The fraction of sp³-hybridized carbons (Fsp3) is 0.769. The van der Waals surface area contributed by atoms with Gasteiger partial charge in [0.2, 0.25) is 17.7 Å². The summed E-state index contributed by atoms with van der Waals surface area (Å²) >= 11 is 0. The van der Waals surface area contributed by atoms with Crippen LogP contribution in [0.15, 0.2) is 0 Å². The molecule has 0 unspecified atom stereocenters. The van der Waals surface area contributed by atoms with Crippen LogP contribution in [0.2, 0.25) is 0 Å². The Labute approximate surface area is 118 Å². The normalized spacial score (nSPS) is 27.2. The first-order chi connectivity index (χ1) is 9.58. The van der Waals surface area contributed by atoms with E-state index in [0.717, 1.165) is 32.2 Å². The first-order valence-electron chi connectivity index (χ1n) is 7.19. The van der Waals surface area contributed by atoms with Gasteiger partial charge in [0.25, 0.3) is 0 Å². The van der Waals surface area contributed by atoms with Gasteiger partial charge in [0.05, 0.1) is 12.6 Å². The minimum absolute atomic E-state index is 0.0765. The van der Waals surface area contributed by atoms with Crippen LogP contribution in [-0.4, -0.2) is 54.3 Å². The van der Waals surface area contributed by atoms with Crippen molar-refractivity contribution in [2.45, 2.75) is 44.2 Å². The Bertz CT molecular complexity index is 393. The van der Waals surface area contributed by atoms with Crippen molar-refractivity contribution in [3.8, 4) is 0 Å². The van der Waals surface area contributed by atoms with Crippen molar-refractivity contribution >= 4 is 17.7 Å². The molecule has 0 aromatic rings. The van der Waals surface area contributed by atoms with Crippen LogP contribution in [-0.2, 0) is 14.4 Å². The molecule has 2 fully saturated rings. The number of nitrogens with two attached hydrogens (primary N) is 1. The van der Waals surface area contributed by atoms with E-state index in [0.29, 0.717) is 13.0 Å². The molecule has 0 aromatic carbocycles. The van der Waals surface area contributed by atoms with E-state index in [-0.39, 0.29) is 24.4 Å². The summed E-state index contributed by atoms with van der Waals surface area (Å²) in [7, 11) is 0. The van der Waals surface area contributed by atoms with Gasteiger partial charge in [-0.05, 0) is 38.6 Å². The summed E-state index contributed by atoms with van der Waals surface area (Å²) in [6.07, 6.45) is 4.08. The second-order valence-electron chi connectivity index (χ2n) is 5.43. The Morgan fingerprint density at radius 3 is 2.75 bits per heavy atom. The van der Waals surface area contributed by atoms with E-state index < -0.39 is 11.9 Å². The molecular formula is C13H22N4O3. The lowest BCUT2D eigenvalue weighted by Gasteiger charge is -2.24. The monoisotopic (exact) mass is 282 g/mol. The van der Waals surface area contributed by atoms with Crippen LogP contribution >= 0.6 is 0 Å². The molecule has 2 saturated heterocycles. The van der Waals surface area contributed by atoms with Crippen LogP contribution in [0.3, 0.4) is 0 Å². The highest BCUT2D eigenvalue weighted by Gasteiger charge is 2.31. The molecule has 20 heavy (non-hydrogen) atoms. The Morgan fingerprint density at radius 2 is 2.10 bits per heavy atom. The zero-order valence-corrected chi connectivity index (χ0v) is 11.6. The average molecular weight is 282 g/mol. The fourth-order valence-corrected chi connectivity index (χ4v) is 2.76. The first kappa shape index (κ1) is 14.8. The third kappa shape index (κ3) is 3.69. The zero-order valence-electron chi connectivity index (χ0n) is 11.6. The smallest absolute Gasteiger partial charge is 0.245 e. The predicted octanol–water partition coefficient (Wildman–Crippen LogP) is -1.28. The lowest BCUT2D eigenvalue weighted by Crippen LogP contribution is -2.52. The number of nitrogens with zero attached hydrogens (tertiary/aromatic N) is 1. The maximum absolute atomic E-state index is 12.3. The molecule has 2 aliphatic heterocycles. The summed E-state index contributed by atoms with van der Waals surface area (Å²) in [5, 5.41) is 5.92. The van der Waals surface area contributed by atoms with Crippen LogP contribution in [0.5, 0.6) is 0 Å². The van der Waals surface area contributed by atoms with Gasteiger partial charge in [-0.3, -0.25) is 14.4 Å². The van der Waals surface area contributed by atoms with Crippen LogP contribution in [0.4, 0.5) is 0 Å². The van der Waals surface area contributed by atoms with Crippen molar-refractivity contribution in [1.29, 1.82) is 0 Å². The highest BCUT2D eigenvalue weighted by Crippen LogP contribution is 2.13. The molecule has 0 radical (unpaired) electrons. The van der Waals surface area contributed by atoms with Gasteiger partial charge in [-0.1, -0.05) is 0 Å². The number of nitrogens with one attached hydrogen (secondary N) is 2. The number of rotatable bonds is 4. The molecular weight excluding hydrogens is 260 g/mol. The summed E-state index contributed by atoms with van der Waals surface area (Å²) in [4.78, 5) is 36.8. The lowest BCUT2D eigenvalue weighted by molar-refractivity contribution is -0.138. The molecule has 2 rings (SSSR count). The first-order valence-corrected chi connectivity index (χ1v) is 7.19. The van der Waals surface area contributed by atoms with E-state index in [4.69, 9.17) is 5.73 Å². The molecule has 7 heteroatoms. The van der Waals surface area contributed by atoms with Gasteiger partial charge in [0.1, 0.15) is 6.04 Å². The third-order valence-electron chi connectivity index (χ3n) is 3.82. The van der Waals surface area contributed by atoms with Gasteiger partial charge in [-0.25, -0.2) is 0 Å². The second kappa shape index (κ2) is 6.69. The van der Waals surface area contributed by atoms with E-state index in [1.807, 2.05) is 0 Å². The second-order valence-corrected chi connectivity index (χ2v) is 5.43. The maximum atomic E-state index is 12.3. The number of hydrogen-bond donors (Lipinski definition) is 3. The highest BCUT2D eigenvalue weighted by atomic mass is 16.2. The molecule has 3 amide bonds. The summed E-state index contributed by atoms with van der Waals surface area (Å²) in [6.45, 7) is 1.28. The largest absolute Gasteiger partial charge is 0.368 e. The van der Waals surface area contributed by atoms with E-state index >= 15 is 0 Å². The van der Waals surface area contributed by atoms with E-state index in [1.54, 1.807) is 0 Å². The quantitative estimate of drug-likeness (QED) is 0.597. The zero-order chi connectivity index (χ0) is 14.5. The maximum Gasteiger partial charge on any atom is 0.245 e. The number of primary amides is 1. The van der Waals surface area contributed by atoms with E-state index in [9.17, 15) is 14.4 Å². The van der Waals surface area contributed by atoms with E-state index in [2.05, 4.69) is 10.6 Å². The summed E-state index contributed by atoms with van der Waals surface area (Å²) < 4.78 is 0. The van der Waals surface area contributed by atoms with Crippen LogP contribution in [0.1, 0.15) is 32.1 Å². The Morgan fingerprint density at radius 1 is 1.30 bits per heavy atom. The van der Waals surface area contributed by atoms with Gasteiger partial charge >= 0.3 is 0 Å². The van der Waals surface area contributed by atoms with E-state index in [1.165, 1.54) is 4.90 Å². The molecule has 2 atom stereocenters. The number of amides is 3. The molecule has 112 valence electrons. The van der Waals surface area contributed by atoms with Crippen molar-refractivity contribution < 1.29 is 14.4 Å². The van der Waals surface area contributed by atoms with Gasteiger partial charge in [0, 0.05) is 6.54 Å². The minimum atomic E-state index is -0.535. The van der Waals surface area contributed by atoms with Crippen molar-refractivity contribution in [2.75, 3.05) is 19.6 Å². The minimum Gasteiger partial charge on any atom is -0.368 e. The van der Waals surface area contributed by atoms with Gasteiger partial charge < -0.3 is 21.3 Å². The van der Waals surface area contributed by atoms with Crippen molar-refractivity contribution in [3.05, 3.63) is 0 Å². The summed E-state index contributed by atoms with van der Waals surface area (Å²) in [6, 6.07) is -0.734. The van der Waals surface area contributed by atoms with Crippen LogP contribution < -0.4 is 16.4 Å². The lowest BCUT2D eigenvalue weighted by atomic mass is 10.1. The number of carbonyl (C=O) groups excluding carboxylic acids is 3. The third-order valence-corrected chi connectivity index (χ3v) is 3.82. The topological polar surface area (TPSA) is 105 Å². The van der Waals surface area contributed by atoms with Crippen molar-refractivity contribution in [1.82, 2.24) is 15.5 Å². The Balaban J connectivity index is 1.95. The highest BCUT2D eigenvalue weighted by molar-refractivity contribution is 5.91. The van der Waals surface area contributed by atoms with Crippen molar-refractivity contribution in [2.24, 2.45) is 5.73 Å². The SMILES string of the molecule is NC(=O)CN1CCCC[C@H](NC(=O)[C@@H]2CCCN2)C1=O. The molecule has 0 aromatic heterocycles. The van der Waals surface area contributed by atoms with Gasteiger partial charge in [0.15, 0.2) is 0 Å². The standard InChI is InChI=1S/C13H22N4O3/c14-11(18)8-17-7-2-1-4-10(13(17)20)16-12(19)9-5-3-6-15-9/h9-10,15H,1-8H2,(H2,14,18)(H,16,19)/t9-,10-/m0/s1. The molecule has 2 aliphatic rings. The van der Waals surface area contributed by atoms with Crippen LogP contribution in [0, 0.1) is 0 Å². The molecule has 0 bridgehead atoms. The predicted molar refractivity (Wildman–Crippen MR) is 72.6 cm³/mol. The number of hydrogen-bond acceptors (Lipinski definition) is 4. The summed E-state index contributed by atoms with van der Waals surface area (Å²) in [5.41, 5.74) is 5.15. The molecule has 0 aliphatic carbocycles. The Kier molecular flexibility index (Phi) is 4.94. The molecule has 7 nitrogen and oxygen atoms in total. The van der Waals surface area contributed by atoms with Crippen molar-refractivity contribution in [3.63, 3.8) is 0 Å². The average Bonchev–Trinajstić information content (AvgIpc) is 2.88. The number of likely N-dealkylation sites (tertiary alicyclic amines) is 1. The van der Waals surface area contributed by atoms with Gasteiger partial charge in [-0.2, -0.15) is 0 Å². The fourth-order valence-electron chi connectivity index (χ4n) is 2.76. The summed E-state index contributed by atoms with van der Waals surface area (Å²) in [5.74, 6) is -0.850. The molecule has 2 heterocycles. The van der Waals surface area contributed by atoms with Crippen LogP contribution in [0.25, 0.3) is 0 Å².